The first kappa shape index (κ1) is 21.6. The fourth-order valence-corrected chi connectivity index (χ4v) is 4.24. The lowest BCUT2D eigenvalue weighted by molar-refractivity contribution is -0.127. The average Bonchev–Trinajstić information content (AvgIpc) is 3.27. The molecule has 1 saturated heterocycles. The quantitative estimate of drug-likeness (QED) is 0.376. The van der Waals surface area contributed by atoms with Crippen molar-refractivity contribution in [3.8, 4) is 18.4 Å². The SMILES string of the molecule is C#CCNC(=O)C(C#N)=C1SC(CCc2cnc(CCCC)[nH]2)C(=O)N1CC. The van der Waals surface area contributed by atoms with Gasteiger partial charge in [-0.2, -0.15) is 5.26 Å². The van der Waals surface area contributed by atoms with Crippen LogP contribution in [0.5, 0.6) is 0 Å². The summed E-state index contributed by atoms with van der Waals surface area (Å²) in [6, 6.07) is 1.92. The number of hydrogen-bond acceptors (Lipinski definition) is 5. The first-order chi connectivity index (χ1) is 13.5. The third kappa shape index (κ3) is 5.17. The van der Waals surface area contributed by atoms with Crippen LogP contribution in [-0.4, -0.2) is 45.0 Å². The Bertz CT molecular complexity index is 830. The average molecular weight is 400 g/mol. The predicted octanol–water partition coefficient (Wildman–Crippen LogP) is 2.13. The van der Waals surface area contributed by atoms with Crippen molar-refractivity contribution in [1.82, 2.24) is 20.2 Å². The van der Waals surface area contributed by atoms with Crippen molar-refractivity contribution in [3.63, 3.8) is 0 Å². The molecule has 0 radical (unpaired) electrons. The number of carbonyl (C=O) groups excluding carboxylic acids is 2. The molecular weight excluding hydrogens is 374 g/mol. The van der Waals surface area contributed by atoms with Crippen LogP contribution in [-0.2, 0) is 22.4 Å². The molecule has 8 heteroatoms. The lowest BCUT2D eigenvalue weighted by Crippen LogP contribution is -2.31. The van der Waals surface area contributed by atoms with Gasteiger partial charge in [0.15, 0.2) is 0 Å². The van der Waals surface area contributed by atoms with E-state index in [1.807, 2.05) is 19.2 Å². The zero-order valence-corrected chi connectivity index (χ0v) is 17.1. The van der Waals surface area contributed by atoms with Crippen LogP contribution in [0.4, 0.5) is 0 Å². The van der Waals surface area contributed by atoms with Gasteiger partial charge in [-0.15, -0.1) is 6.42 Å². The maximum Gasteiger partial charge on any atom is 0.265 e. The molecule has 1 atom stereocenters. The number of aryl methyl sites for hydroxylation is 2. The number of unbranched alkanes of at least 4 members (excludes halogenated alkanes) is 1. The second kappa shape index (κ2) is 10.6. The van der Waals surface area contributed by atoms with Gasteiger partial charge >= 0.3 is 0 Å². The van der Waals surface area contributed by atoms with Gasteiger partial charge in [0.1, 0.15) is 22.5 Å². The fraction of sp³-hybridized carbons (Fsp3) is 0.500. The Morgan fingerprint density at radius 2 is 2.25 bits per heavy atom. The van der Waals surface area contributed by atoms with E-state index in [-0.39, 0.29) is 23.3 Å². The van der Waals surface area contributed by atoms with Crippen LogP contribution < -0.4 is 5.32 Å². The Balaban J connectivity index is 2.09. The number of thioether (sulfide) groups is 1. The van der Waals surface area contributed by atoms with Crippen molar-refractivity contribution in [2.75, 3.05) is 13.1 Å². The van der Waals surface area contributed by atoms with E-state index in [9.17, 15) is 14.9 Å². The molecule has 2 heterocycles. The Hall–Kier alpha value is -2.71. The van der Waals surface area contributed by atoms with Crippen molar-refractivity contribution in [2.45, 2.75) is 51.2 Å². The Labute approximate surface area is 170 Å². The second-order valence-electron chi connectivity index (χ2n) is 6.37. The van der Waals surface area contributed by atoms with Gasteiger partial charge in [0.25, 0.3) is 5.91 Å². The third-order valence-electron chi connectivity index (χ3n) is 4.38. The van der Waals surface area contributed by atoms with Crippen LogP contribution in [0.15, 0.2) is 16.8 Å². The number of terminal acetylenes is 1. The molecule has 1 unspecified atom stereocenters. The van der Waals surface area contributed by atoms with Gasteiger partial charge in [-0.05, 0) is 26.2 Å². The molecule has 0 aliphatic carbocycles. The molecule has 0 aromatic carbocycles. The van der Waals surface area contributed by atoms with Gasteiger partial charge in [0.05, 0.1) is 11.8 Å². The molecule has 0 bridgehead atoms. The highest BCUT2D eigenvalue weighted by Gasteiger charge is 2.38. The normalized spacial score (nSPS) is 17.9. The van der Waals surface area contributed by atoms with Gasteiger partial charge < -0.3 is 15.2 Å². The summed E-state index contributed by atoms with van der Waals surface area (Å²) < 4.78 is 0. The monoisotopic (exact) mass is 399 g/mol. The summed E-state index contributed by atoms with van der Waals surface area (Å²) in [6.45, 7) is 4.39. The van der Waals surface area contributed by atoms with Crippen molar-refractivity contribution < 1.29 is 9.59 Å². The lowest BCUT2D eigenvalue weighted by atomic mass is 10.2. The molecule has 1 aromatic rings. The highest BCUT2D eigenvalue weighted by atomic mass is 32.2. The number of imidazole rings is 1. The maximum absolute atomic E-state index is 12.7. The maximum atomic E-state index is 12.7. The number of H-pyrrole nitrogens is 1. The minimum atomic E-state index is -0.552. The van der Waals surface area contributed by atoms with Gasteiger partial charge in [0.2, 0.25) is 5.91 Å². The summed E-state index contributed by atoms with van der Waals surface area (Å²) >= 11 is 1.27. The van der Waals surface area contributed by atoms with Crippen LogP contribution in [0.3, 0.4) is 0 Å². The molecule has 0 spiro atoms. The summed E-state index contributed by atoms with van der Waals surface area (Å²) in [4.78, 5) is 34.1. The van der Waals surface area contributed by atoms with Crippen LogP contribution in [0.2, 0.25) is 0 Å². The fourth-order valence-electron chi connectivity index (χ4n) is 2.90. The van der Waals surface area contributed by atoms with E-state index in [1.54, 1.807) is 0 Å². The van der Waals surface area contributed by atoms with E-state index in [4.69, 9.17) is 6.42 Å². The van der Waals surface area contributed by atoms with Crippen molar-refractivity contribution in [3.05, 3.63) is 28.3 Å². The number of aromatic amines is 1. The lowest BCUT2D eigenvalue weighted by Gasteiger charge is -2.15. The van der Waals surface area contributed by atoms with Gasteiger partial charge in [-0.25, -0.2) is 4.98 Å². The van der Waals surface area contributed by atoms with E-state index in [1.165, 1.54) is 16.7 Å². The number of rotatable bonds is 9. The smallest absolute Gasteiger partial charge is 0.265 e. The van der Waals surface area contributed by atoms with Gasteiger partial charge in [-0.3, -0.25) is 9.59 Å². The summed E-state index contributed by atoms with van der Waals surface area (Å²) in [7, 11) is 0. The standard InChI is InChI=1S/C20H25N5O2S/c1-4-7-8-17-23-13-14(24-17)9-10-16-19(27)25(6-3)20(28-16)15(12-21)18(26)22-11-5-2/h2,13,16H,4,6-11H2,1,3H3,(H,22,26)(H,23,24). The van der Waals surface area contributed by atoms with E-state index < -0.39 is 5.91 Å². The zero-order valence-electron chi connectivity index (χ0n) is 16.2. The number of nitrogens with zero attached hydrogens (tertiary/aromatic N) is 3. The van der Waals surface area contributed by atoms with Gasteiger partial charge in [0, 0.05) is 24.9 Å². The first-order valence-electron chi connectivity index (χ1n) is 9.42. The van der Waals surface area contributed by atoms with E-state index in [2.05, 4.69) is 28.1 Å². The summed E-state index contributed by atoms with van der Waals surface area (Å²) in [5, 5.41) is 12.0. The molecule has 28 heavy (non-hydrogen) atoms. The van der Waals surface area contributed by atoms with E-state index in [0.29, 0.717) is 24.4 Å². The van der Waals surface area contributed by atoms with Crippen molar-refractivity contribution >= 4 is 23.6 Å². The predicted molar refractivity (Wildman–Crippen MR) is 109 cm³/mol. The topological polar surface area (TPSA) is 102 Å². The van der Waals surface area contributed by atoms with Crippen LogP contribution in [0.25, 0.3) is 0 Å². The number of amides is 2. The molecule has 148 valence electrons. The van der Waals surface area contributed by atoms with Crippen LogP contribution in [0.1, 0.15) is 44.6 Å². The number of aromatic nitrogens is 2. The van der Waals surface area contributed by atoms with E-state index >= 15 is 0 Å². The largest absolute Gasteiger partial charge is 0.346 e. The summed E-state index contributed by atoms with van der Waals surface area (Å²) in [5.74, 6) is 2.64. The number of hydrogen-bond donors (Lipinski definition) is 2. The minimum absolute atomic E-state index is 0.0334. The Morgan fingerprint density at radius 1 is 1.46 bits per heavy atom. The molecule has 2 rings (SSSR count). The van der Waals surface area contributed by atoms with Crippen molar-refractivity contribution in [2.24, 2.45) is 0 Å². The molecule has 2 amide bonds. The molecule has 1 fully saturated rings. The highest BCUT2D eigenvalue weighted by Crippen LogP contribution is 2.39. The Kier molecular flexibility index (Phi) is 8.16. The molecular formula is C20H25N5O2S. The van der Waals surface area contributed by atoms with Crippen LogP contribution >= 0.6 is 11.8 Å². The molecule has 1 aliphatic rings. The first-order valence-corrected chi connectivity index (χ1v) is 10.3. The van der Waals surface area contributed by atoms with Crippen LogP contribution in [0, 0.1) is 23.7 Å². The minimum Gasteiger partial charge on any atom is -0.346 e. The number of nitrogens with one attached hydrogen (secondary N) is 2. The number of nitriles is 1. The van der Waals surface area contributed by atoms with E-state index in [0.717, 1.165) is 30.8 Å². The number of carbonyl (C=O) groups is 2. The third-order valence-corrected chi connectivity index (χ3v) is 5.75. The Morgan fingerprint density at radius 3 is 2.89 bits per heavy atom. The second-order valence-corrected chi connectivity index (χ2v) is 7.56. The highest BCUT2D eigenvalue weighted by molar-refractivity contribution is 8.04. The summed E-state index contributed by atoms with van der Waals surface area (Å²) in [5.41, 5.74) is 0.925. The zero-order chi connectivity index (χ0) is 20.5. The van der Waals surface area contributed by atoms with Crippen molar-refractivity contribution in [1.29, 1.82) is 5.26 Å². The molecule has 1 aromatic heterocycles. The van der Waals surface area contributed by atoms with Gasteiger partial charge in [-0.1, -0.05) is 31.0 Å². The molecule has 0 saturated carbocycles. The molecule has 7 nitrogen and oxygen atoms in total. The summed E-state index contributed by atoms with van der Waals surface area (Å²) in [6.07, 6.45) is 11.4. The molecule has 1 aliphatic heterocycles. The molecule has 2 N–H and O–H groups in total.